The first-order valence-electron chi connectivity index (χ1n) is 4.05. The van der Waals surface area contributed by atoms with Crippen LogP contribution in [0.15, 0.2) is 0 Å². The fourth-order valence-corrected chi connectivity index (χ4v) is 2.42. The Morgan fingerprint density at radius 3 is 2.64 bits per heavy atom. The van der Waals surface area contributed by atoms with Crippen LogP contribution >= 0.6 is 0 Å². The summed E-state index contributed by atoms with van der Waals surface area (Å²) in [5.74, 6) is 0.0208. The summed E-state index contributed by atoms with van der Waals surface area (Å²) in [6, 6.07) is -0.325. The van der Waals surface area contributed by atoms with Gasteiger partial charge in [-0.1, -0.05) is 6.92 Å². The van der Waals surface area contributed by atoms with Crippen LogP contribution in [0.2, 0.25) is 0 Å². The van der Waals surface area contributed by atoms with E-state index in [1.165, 1.54) is 0 Å². The highest BCUT2D eigenvalue weighted by Crippen LogP contribution is 2.49. The van der Waals surface area contributed by atoms with Crippen LogP contribution in [0, 0.1) is 11.3 Å². The predicted octanol–water partition coefficient (Wildman–Crippen LogP) is -0.326. The molecule has 2 bridgehead atoms. The maximum absolute atomic E-state index is 11.5. The van der Waals surface area contributed by atoms with Gasteiger partial charge in [0.2, 0.25) is 0 Å². The van der Waals surface area contributed by atoms with Gasteiger partial charge < -0.3 is 10.8 Å². The third kappa shape index (κ3) is 0.631. The second-order valence-corrected chi connectivity index (χ2v) is 3.94. The number of fused-ring (bicyclic) bond motifs is 2. The van der Waals surface area contributed by atoms with Gasteiger partial charge in [0.15, 0.2) is 0 Å². The Morgan fingerprint density at radius 2 is 2.36 bits per heavy atom. The maximum atomic E-state index is 11.5. The van der Waals surface area contributed by atoms with Gasteiger partial charge in [-0.3, -0.25) is 4.79 Å². The summed E-state index contributed by atoms with van der Waals surface area (Å²) in [5.41, 5.74) is 5.30. The molecule has 2 rings (SSSR count). The van der Waals surface area contributed by atoms with Crippen molar-refractivity contribution in [3.05, 3.63) is 0 Å². The van der Waals surface area contributed by atoms with Crippen molar-refractivity contribution in [3.8, 4) is 0 Å². The van der Waals surface area contributed by atoms with E-state index < -0.39 is 11.5 Å². The molecule has 62 valence electrons. The molecule has 2 aliphatic rings. The third-order valence-corrected chi connectivity index (χ3v) is 3.39. The molecule has 0 saturated heterocycles. The molecule has 0 aromatic carbocycles. The number of hydrogen-bond donors (Lipinski definition) is 2. The zero-order valence-electron chi connectivity index (χ0n) is 6.58. The monoisotopic (exact) mass is 155 g/mol. The molecule has 0 aromatic rings. The summed E-state index contributed by atoms with van der Waals surface area (Å²) < 4.78 is 0. The Labute approximate surface area is 65.6 Å². The number of Topliss-reactive ketones (excluding diaryl/α,β-unsaturated/α-hetero) is 1. The van der Waals surface area contributed by atoms with Crippen molar-refractivity contribution in [1.29, 1.82) is 0 Å². The van der Waals surface area contributed by atoms with E-state index in [1.807, 2.05) is 6.92 Å². The van der Waals surface area contributed by atoms with Gasteiger partial charge >= 0.3 is 0 Å². The Kier molecular flexibility index (Phi) is 1.22. The van der Waals surface area contributed by atoms with Crippen molar-refractivity contribution >= 4 is 5.78 Å². The number of rotatable bonds is 0. The highest BCUT2D eigenvalue weighted by atomic mass is 16.3. The van der Waals surface area contributed by atoms with E-state index in [0.29, 0.717) is 0 Å². The average Bonchev–Trinajstić information content (AvgIpc) is 2.33. The van der Waals surface area contributed by atoms with Crippen LogP contribution in [0.3, 0.4) is 0 Å². The quantitative estimate of drug-likeness (QED) is 0.503. The number of carbonyl (C=O) groups excluding carboxylic acids is 1. The van der Waals surface area contributed by atoms with E-state index in [4.69, 9.17) is 5.73 Å². The molecule has 0 spiro atoms. The minimum Gasteiger partial charge on any atom is -0.391 e. The highest BCUT2D eigenvalue weighted by molar-refractivity contribution is 5.92. The lowest BCUT2D eigenvalue weighted by Crippen LogP contribution is -2.45. The zero-order valence-corrected chi connectivity index (χ0v) is 6.58. The summed E-state index contributed by atoms with van der Waals surface area (Å²) in [7, 11) is 0. The van der Waals surface area contributed by atoms with Crippen molar-refractivity contribution in [2.75, 3.05) is 0 Å². The molecule has 11 heavy (non-hydrogen) atoms. The number of ketones is 1. The molecule has 0 aromatic heterocycles. The normalized spacial score (nSPS) is 55.5. The molecule has 0 radical (unpaired) electrons. The van der Waals surface area contributed by atoms with E-state index in [2.05, 4.69) is 0 Å². The molecule has 4 atom stereocenters. The largest absolute Gasteiger partial charge is 0.391 e. The van der Waals surface area contributed by atoms with E-state index in [9.17, 15) is 9.90 Å². The summed E-state index contributed by atoms with van der Waals surface area (Å²) in [5, 5.41) is 9.48. The second-order valence-electron chi connectivity index (χ2n) is 3.94. The number of nitrogens with two attached hydrogens (primary N) is 1. The van der Waals surface area contributed by atoms with Crippen LogP contribution in [-0.2, 0) is 4.79 Å². The first-order chi connectivity index (χ1) is 5.07. The van der Waals surface area contributed by atoms with Crippen LogP contribution in [0.5, 0.6) is 0 Å². The third-order valence-electron chi connectivity index (χ3n) is 3.39. The number of aliphatic hydroxyl groups excluding tert-OH is 1. The standard InChI is InChI=1S/C8H13NO2/c1-8-3-2-4(7(8)11)5(10)6(8)9/h4-6,10H,2-3,9H2,1H3/t4?,5-,6-,8?/m0/s1. The van der Waals surface area contributed by atoms with Crippen LogP contribution in [0.1, 0.15) is 19.8 Å². The highest BCUT2D eigenvalue weighted by Gasteiger charge is 2.60. The Morgan fingerprint density at radius 1 is 1.73 bits per heavy atom. The van der Waals surface area contributed by atoms with Crippen molar-refractivity contribution in [3.63, 3.8) is 0 Å². The lowest BCUT2D eigenvalue weighted by Gasteiger charge is -2.28. The lowest BCUT2D eigenvalue weighted by molar-refractivity contribution is -0.125. The van der Waals surface area contributed by atoms with Crippen LogP contribution < -0.4 is 5.73 Å². The first-order valence-corrected chi connectivity index (χ1v) is 4.05. The molecule has 3 heteroatoms. The fraction of sp³-hybridized carbons (Fsp3) is 0.875. The SMILES string of the molecule is CC12CCC(C1=O)[C@H](O)[C@@H]2N. The first kappa shape index (κ1) is 7.25. The van der Waals surface area contributed by atoms with Crippen molar-refractivity contribution in [1.82, 2.24) is 0 Å². The zero-order chi connectivity index (χ0) is 8.22. The number of aliphatic hydroxyl groups is 1. The van der Waals surface area contributed by atoms with Gasteiger partial charge in [0.05, 0.1) is 6.10 Å². The van der Waals surface area contributed by atoms with Crippen molar-refractivity contribution in [2.45, 2.75) is 31.9 Å². The molecule has 2 fully saturated rings. The second kappa shape index (κ2) is 1.84. The molecular formula is C8H13NO2. The molecule has 2 saturated carbocycles. The van der Waals surface area contributed by atoms with Gasteiger partial charge in [0.25, 0.3) is 0 Å². The Balaban J connectivity index is 2.40. The lowest BCUT2D eigenvalue weighted by atomic mass is 9.81. The van der Waals surface area contributed by atoms with E-state index in [-0.39, 0.29) is 17.7 Å². The topological polar surface area (TPSA) is 63.3 Å². The maximum Gasteiger partial charge on any atom is 0.146 e. The van der Waals surface area contributed by atoms with Crippen molar-refractivity contribution in [2.24, 2.45) is 17.1 Å². The van der Waals surface area contributed by atoms with E-state index in [1.54, 1.807) is 0 Å². The van der Waals surface area contributed by atoms with Crippen molar-refractivity contribution < 1.29 is 9.90 Å². The summed E-state index contributed by atoms with van der Waals surface area (Å²) >= 11 is 0. The molecule has 0 amide bonds. The predicted molar refractivity (Wildman–Crippen MR) is 39.8 cm³/mol. The molecule has 3 nitrogen and oxygen atoms in total. The Bertz CT molecular complexity index is 216. The van der Waals surface area contributed by atoms with Gasteiger partial charge in [0.1, 0.15) is 5.78 Å². The van der Waals surface area contributed by atoms with Gasteiger partial charge in [-0.2, -0.15) is 0 Å². The minimum atomic E-state index is -0.582. The molecule has 3 N–H and O–H groups in total. The summed E-state index contributed by atoms with van der Waals surface area (Å²) in [4.78, 5) is 11.5. The van der Waals surface area contributed by atoms with Crippen LogP contribution in [0.25, 0.3) is 0 Å². The molecule has 0 heterocycles. The summed E-state index contributed by atoms with van der Waals surface area (Å²) in [6.07, 6.45) is 1.10. The van der Waals surface area contributed by atoms with E-state index in [0.717, 1.165) is 12.8 Å². The number of carbonyl (C=O) groups is 1. The fourth-order valence-electron chi connectivity index (χ4n) is 2.42. The smallest absolute Gasteiger partial charge is 0.146 e. The average molecular weight is 155 g/mol. The molecule has 0 aliphatic heterocycles. The van der Waals surface area contributed by atoms with Gasteiger partial charge in [-0.15, -0.1) is 0 Å². The van der Waals surface area contributed by atoms with Gasteiger partial charge in [0, 0.05) is 17.4 Å². The van der Waals surface area contributed by atoms with Gasteiger partial charge in [-0.25, -0.2) is 0 Å². The van der Waals surface area contributed by atoms with Gasteiger partial charge in [-0.05, 0) is 12.8 Å². The van der Waals surface area contributed by atoms with Crippen LogP contribution in [0.4, 0.5) is 0 Å². The number of hydrogen-bond acceptors (Lipinski definition) is 3. The summed E-state index contributed by atoms with van der Waals surface area (Å²) in [6.45, 7) is 1.87. The molecule has 2 unspecified atom stereocenters. The minimum absolute atomic E-state index is 0.157. The molecule has 2 aliphatic carbocycles. The van der Waals surface area contributed by atoms with Crippen LogP contribution in [-0.4, -0.2) is 23.0 Å². The van der Waals surface area contributed by atoms with E-state index >= 15 is 0 Å². The molecular weight excluding hydrogens is 142 g/mol. The Hall–Kier alpha value is -0.410.